The quantitative estimate of drug-likeness (QED) is 0.881. The SMILES string of the molecule is C[C@@H]1CN(C(=O)COc2ccccc2C(=O)Nc2ccccc2)C[C@@H](C)O1. The topological polar surface area (TPSA) is 67.9 Å². The summed E-state index contributed by atoms with van der Waals surface area (Å²) in [6, 6.07) is 16.1. The van der Waals surface area contributed by atoms with Crippen LogP contribution in [0.4, 0.5) is 5.69 Å². The molecular formula is C21H24N2O4. The summed E-state index contributed by atoms with van der Waals surface area (Å²) < 4.78 is 11.3. The molecule has 0 aromatic heterocycles. The van der Waals surface area contributed by atoms with Crippen molar-refractivity contribution in [3.63, 3.8) is 0 Å². The van der Waals surface area contributed by atoms with Gasteiger partial charge in [0.2, 0.25) is 0 Å². The largest absolute Gasteiger partial charge is 0.483 e. The van der Waals surface area contributed by atoms with E-state index in [4.69, 9.17) is 9.47 Å². The van der Waals surface area contributed by atoms with E-state index in [1.165, 1.54) is 0 Å². The molecular weight excluding hydrogens is 344 g/mol. The number of nitrogens with one attached hydrogen (secondary N) is 1. The Labute approximate surface area is 159 Å². The fourth-order valence-electron chi connectivity index (χ4n) is 3.11. The number of carbonyl (C=O) groups is 2. The molecule has 3 rings (SSSR count). The highest BCUT2D eigenvalue weighted by atomic mass is 16.5. The lowest BCUT2D eigenvalue weighted by Gasteiger charge is -2.35. The number of anilines is 1. The highest BCUT2D eigenvalue weighted by Gasteiger charge is 2.26. The fourth-order valence-corrected chi connectivity index (χ4v) is 3.11. The lowest BCUT2D eigenvalue weighted by Crippen LogP contribution is -2.49. The molecule has 0 unspecified atom stereocenters. The van der Waals surface area contributed by atoms with Gasteiger partial charge in [-0.05, 0) is 38.1 Å². The van der Waals surface area contributed by atoms with Crippen molar-refractivity contribution in [3.05, 3.63) is 60.2 Å². The van der Waals surface area contributed by atoms with E-state index in [1.807, 2.05) is 44.2 Å². The molecule has 1 saturated heterocycles. The Morgan fingerprint density at radius 3 is 2.37 bits per heavy atom. The van der Waals surface area contributed by atoms with E-state index in [2.05, 4.69) is 5.32 Å². The summed E-state index contributed by atoms with van der Waals surface area (Å²) in [5, 5.41) is 2.83. The van der Waals surface area contributed by atoms with Crippen LogP contribution in [0.2, 0.25) is 0 Å². The molecule has 6 heteroatoms. The van der Waals surface area contributed by atoms with Crippen molar-refractivity contribution in [1.82, 2.24) is 4.90 Å². The van der Waals surface area contributed by atoms with E-state index in [1.54, 1.807) is 29.2 Å². The minimum absolute atomic E-state index is 0.00152. The second-order valence-electron chi connectivity index (χ2n) is 6.66. The zero-order valence-electron chi connectivity index (χ0n) is 15.6. The molecule has 1 heterocycles. The summed E-state index contributed by atoms with van der Waals surface area (Å²) in [4.78, 5) is 26.8. The fraction of sp³-hybridized carbons (Fsp3) is 0.333. The normalized spacial score (nSPS) is 19.4. The highest BCUT2D eigenvalue weighted by Crippen LogP contribution is 2.20. The zero-order valence-corrected chi connectivity index (χ0v) is 15.6. The summed E-state index contributed by atoms with van der Waals surface area (Å²) >= 11 is 0. The first-order valence-corrected chi connectivity index (χ1v) is 9.04. The van der Waals surface area contributed by atoms with Gasteiger partial charge in [0.15, 0.2) is 6.61 Å². The van der Waals surface area contributed by atoms with Crippen molar-refractivity contribution in [3.8, 4) is 5.75 Å². The number of carbonyl (C=O) groups excluding carboxylic acids is 2. The number of amides is 2. The summed E-state index contributed by atoms with van der Waals surface area (Å²) in [5.41, 5.74) is 1.09. The second kappa shape index (κ2) is 8.68. The van der Waals surface area contributed by atoms with Gasteiger partial charge in [0.25, 0.3) is 11.8 Å². The van der Waals surface area contributed by atoms with Gasteiger partial charge in [-0.2, -0.15) is 0 Å². The van der Waals surface area contributed by atoms with Gasteiger partial charge in [0.05, 0.1) is 17.8 Å². The Morgan fingerprint density at radius 1 is 1.04 bits per heavy atom. The molecule has 0 aliphatic carbocycles. The molecule has 0 radical (unpaired) electrons. The van der Waals surface area contributed by atoms with Crippen LogP contribution in [-0.4, -0.2) is 48.6 Å². The van der Waals surface area contributed by atoms with Crippen molar-refractivity contribution >= 4 is 17.5 Å². The minimum atomic E-state index is -0.280. The number of para-hydroxylation sites is 2. The van der Waals surface area contributed by atoms with Crippen molar-refractivity contribution in [2.75, 3.05) is 25.0 Å². The van der Waals surface area contributed by atoms with E-state index >= 15 is 0 Å². The maximum atomic E-state index is 12.6. The molecule has 2 aromatic rings. The van der Waals surface area contributed by atoms with Crippen LogP contribution in [0.15, 0.2) is 54.6 Å². The molecule has 2 aromatic carbocycles. The molecule has 0 bridgehead atoms. The van der Waals surface area contributed by atoms with Crippen LogP contribution in [0.1, 0.15) is 24.2 Å². The summed E-state index contributed by atoms with van der Waals surface area (Å²) in [6.45, 7) is 4.86. The molecule has 2 atom stereocenters. The van der Waals surface area contributed by atoms with Crippen LogP contribution in [0, 0.1) is 0 Å². The summed E-state index contributed by atoms with van der Waals surface area (Å²) in [5.74, 6) is -0.0122. The van der Waals surface area contributed by atoms with E-state index < -0.39 is 0 Å². The third kappa shape index (κ3) is 5.08. The van der Waals surface area contributed by atoms with Crippen molar-refractivity contribution in [1.29, 1.82) is 0 Å². The van der Waals surface area contributed by atoms with Gasteiger partial charge < -0.3 is 19.7 Å². The third-order valence-electron chi connectivity index (χ3n) is 4.29. The van der Waals surface area contributed by atoms with E-state index in [-0.39, 0.29) is 30.6 Å². The Morgan fingerprint density at radius 2 is 1.67 bits per heavy atom. The monoisotopic (exact) mass is 368 g/mol. The number of hydrogen-bond donors (Lipinski definition) is 1. The van der Waals surface area contributed by atoms with Gasteiger partial charge in [-0.3, -0.25) is 9.59 Å². The first-order valence-electron chi connectivity index (χ1n) is 9.04. The molecule has 1 aliphatic rings. The number of morpholine rings is 1. The molecule has 0 saturated carbocycles. The number of nitrogens with zero attached hydrogens (tertiary/aromatic N) is 1. The molecule has 1 fully saturated rings. The molecule has 2 amide bonds. The van der Waals surface area contributed by atoms with Gasteiger partial charge >= 0.3 is 0 Å². The Balaban J connectivity index is 1.64. The number of hydrogen-bond acceptors (Lipinski definition) is 4. The predicted octanol–water partition coefficient (Wildman–Crippen LogP) is 2.95. The molecule has 1 N–H and O–H groups in total. The number of benzene rings is 2. The number of rotatable bonds is 5. The summed E-state index contributed by atoms with van der Waals surface area (Å²) in [6.07, 6.45) is 0.00303. The Hall–Kier alpha value is -2.86. The predicted molar refractivity (Wildman–Crippen MR) is 103 cm³/mol. The van der Waals surface area contributed by atoms with Gasteiger partial charge in [0, 0.05) is 18.8 Å². The van der Waals surface area contributed by atoms with Crippen LogP contribution in [0.25, 0.3) is 0 Å². The van der Waals surface area contributed by atoms with Crippen LogP contribution in [0.5, 0.6) is 5.75 Å². The molecule has 0 spiro atoms. The van der Waals surface area contributed by atoms with Crippen molar-refractivity contribution < 1.29 is 19.1 Å². The van der Waals surface area contributed by atoms with Gasteiger partial charge in [0.1, 0.15) is 5.75 Å². The van der Waals surface area contributed by atoms with Crippen molar-refractivity contribution in [2.45, 2.75) is 26.1 Å². The standard InChI is InChI=1S/C21H24N2O4/c1-15-12-23(13-16(2)27-15)20(24)14-26-19-11-7-6-10-18(19)21(25)22-17-8-4-3-5-9-17/h3-11,15-16H,12-14H2,1-2H3,(H,22,25)/t15-,16-/m1/s1. The first kappa shape index (κ1) is 18.9. The van der Waals surface area contributed by atoms with Crippen LogP contribution in [-0.2, 0) is 9.53 Å². The van der Waals surface area contributed by atoms with Crippen molar-refractivity contribution in [2.24, 2.45) is 0 Å². The van der Waals surface area contributed by atoms with Crippen LogP contribution in [0.3, 0.4) is 0 Å². The smallest absolute Gasteiger partial charge is 0.260 e. The molecule has 6 nitrogen and oxygen atoms in total. The average Bonchev–Trinajstić information content (AvgIpc) is 2.66. The molecule has 27 heavy (non-hydrogen) atoms. The number of ether oxygens (including phenoxy) is 2. The molecule has 142 valence electrons. The lowest BCUT2D eigenvalue weighted by molar-refractivity contribution is -0.145. The maximum Gasteiger partial charge on any atom is 0.260 e. The first-order chi connectivity index (χ1) is 13.0. The van der Waals surface area contributed by atoms with Gasteiger partial charge in [-0.15, -0.1) is 0 Å². The lowest BCUT2D eigenvalue weighted by atomic mass is 10.2. The highest BCUT2D eigenvalue weighted by molar-refractivity contribution is 6.06. The summed E-state index contributed by atoms with van der Waals surface area (Å²) in [7, 11) is 0. The second-order valence-corrected chi connectivity index (χ2v) is 6.66. The van der Waals surface area contributed by atoms with E-state index in [9.17, 15) is 9.59 Å². The Kier molecular flexibility index (Phi) is 6.08. The third-order valence-corrected chi connectivity index (χ3v) is 4.29. The zero-order chi connectivity index (χ0) is 19.2. The molecule has 1 aliphatic heterocycles. The van der Waals surface area contributed by atoms with Crippen LogP contribution >= 0.6 is 0 Å². The van der Waals surface area contributed by atoms with E-state index in [0.29, 0.717) is 30.1 Å². The maximum absolute atomic E-state index is 12.6. The van der Waals surface area contributed by atoms with Gasteiger partial charge in [-0.1, -0.05) is 30.3 Å². The van der Waals surface area contributed by atoms with E-state index in [0.717, 1.165) is 0 Å². The van der Waals surface area contributed by atoms with Crippen LogP contribution < -0.4 is 10.1 Å². The minimum Gasteiger partial charge on any atom is -0.483 e. The average molecular weight is 368 g/mol. The Bertz CT molecular complexity index is 784. The van der Waals surface area contributed by atoms with Gasteiger partial charge in [-0.25, -0.2) is 0 Å².